The van der Waals surface area contributed by atoms with Crippen LogP contribution in [0, 0.1) is 0 Å². The summed E-state index contributed by atoms with van der Waals surface area (Å²) in [5.74, 6) is -2.19. The smallest absolute Gasteiger partial charge is 0.304 e. The van der Waals surface area contributed by atoms with Crippen molar-refractivity contribution in [2.75, 3.05) is 26.2 Å². The molecule has 0 saturated heterocycles. The van der Waals surface area contributed by atoms with Crippen LogP contribution in [0.4, 0.5) is 0 Å². The van der Waals surface area contributed by atoms with Gasteiger partial charge >= 0.3 is 11.9 Å². The van der Waals surface area contributed by atoms with E-state index in [9.17, 15) is 35.1 Å². The van der Waals surface area contributed by atoms with Gasteiger partial charge in [-0.05, 0) is 0 Å². The van der Waals surface area contributed by atoms with E-state index in [1.54, 1.807) is 0 Å². The van der Waals surface area contributed by atoms with Crippen molar-refractivity contribution in [3.63, 3.8) is 0 Å². The number of carboxylic acid groups (broad SMARTS) is 2. The van der Waals surface area contributed by atoms with Crippen LogP contribution in [0.2, 0.25) is 0 Å². The first kappa shape index (κ1) is 25.6. The standard InChI is InChI=1S/C16H31N3O10/c20-6-8(22)7(21)5-19-13-15(28)11(17-3-1-9(23)24)14(27)12(16(13)29)18-4-2-10(25)26/h7-8,11-22,27-29H,1-6H2,(H,23,24)(H,25,26). The first-order valence-electron chi connectivity index (χ1n) is 9.25. The highest BCUT2D eigenvalue weighted by molar-refractivity contribution is 5.67. The van der Waals surface area contributed by atoms with E-state index < -0.39 is 67.2 Å². The Kier molecular flexibility index (Phi) is 10.9. The number of hydrogen-bond acceptors (Lipinski definition) is 11. The lowest BCUT2D eigenvalue weighted by Gasteiger charge is -2.47. The quantitative estimate of drug-likeness (QED) is 0.132. The summed E-state index contributed by atoms with van der Waals surface area (Å²) >= 11 is 0. The molecule has 1 rings (SSSR count). The van der Waals surface area contributed by atoms with Crippen molar-refractivity contribution in [3.05, 3.63) is 0 Å². The normalized spacial score (nSPS) is 31.9. The molecule has 13 nitrogen and oxygen atoms in total. The Morgan fingerprint density at radius 1 is 0.724 bits per heavy atom. The molecule has 170 valence electrons. The topological polar surface area (TPSA) is 232 Å². The van der Waals surface area contributed by atoms with Crippen molar-refractivity contribution in [2.24, 2.45) is 0 Å². The first-order valence-corrected chi connectivity index (χ1v) is 9.25. The molecule has 0 bridgehead atoms. The molecule has 0 heterocycles. The van der Waals surface area contributed by atoms with Crippen molar-refractivity contribution >= 4 is 11.9 Å². The molecule has 0 aromatic carbocycles. The number of carbonyl (C=O) groups is 2. The molecule has 0 aromatic rings. The van der Waals surface area contributed by atoms with Gasteiger partial charge in [0, 0.05) is 19.6 Å². The van der Waals surface area contributed by atoms with Gasteiger partial charge in [0.2, 0.25) is 0 Å². The van der Waals surface area contributed by atoms with E-state index in [0.717, 1.165) is 0 Å². The van der Waals surface area contributed by atoms with Crippen molar-refractivity contribution in [1.29, 1.82) is 0 Å². The number of aliphatic hydroxyl groups is 6. The summed E-state index contributed by atoms with van der Waals surface area (Å²) in [7, 11) is 0. The van der Waals surface area contributed by atoms with Crippen LogP contribution >= 0.6 is 0 Å². The molecule has 1 saturated carbocycles. The molecular formula is C16H31N3O10. The molecule has 6 atom stereocenters. The van der Waals surface area contributed by atoms with E-state index in [1.165, 1.54) is 0 Å². The Morgan fingerprint density at radius 3 is 1.45 bits per heavy atom. The van der Waals surface area contributed by atoms with E-state index in [-0.39, 0.29) is 32.5 Å². The fourth-order valence-corrected chi connectivity index (χ4v) is 3.21. The summed E-state index contributed by atoms with van der Waals surface area (Å²) in [5.41, 5.74) is 0. The molecule has 0 aliphatic heterocycles. The van der Waals surface area contributed by atoms with Crippen molar-refractivity contribution in [3.8, 4) is 0 Å². The fourth-order valence-electron chi connectivity index (χ4n) is 3.21. The van der Waals surface area contributed by atoms with E-state index in [0.29, 0.717) is 0 Å². The SMILES string of the molecule is O=C(O)CCNC1C(O)C(NCCC(=O)O)C(O)C(NCC(O)C(O)CO)C1O. The summed E-state index contributed by atoms with van der Waals surface area (Å²) in [6.07, 6.45) is -7.62. The number of aliphatic hydroxyl groups excluding tert-OH is 6. The molecule has 0 aromatic heterocycles. The second-order valence-electron chi connectivity index (χ2n) is 6.97. The third kappa shape index (κ3) is 7.73. The monoisotopic (exact) mass is 425 g/mol. The fraction of sp³-hybridized carbons (Fsp3) is 0.875. The second kappa shape index (κ2) is 12.3. The molecular weight excluding hydrogens is 394 g/mol. The van der Waals surface area contributed by atoms with Crippen LogP contribution in [0.1, 0.15) is 12.8 Å². The number of nitrogens with one attached hydrogen (secondary N) is 3. The lowest BCUT2D eigenvalue weighted by molar-refractivity contribution is -0.137. The van der Waals surface area contributed by atoms with Crippen molar-refractivity contribution < 1.29 is 50.4 Å². The Hall–Kier alpha value is -1.42. The summed E-state index contributed by atoms with van der Waals surface area (Å²) in [5, 5.41) is 85.3. The van der Waals surface area contributed by atoms with Crippen LogP contribution in [0.3, 0.4) is 0 Å². The molecule has 11 N–H and O–H groups in total. The predicted octanol–water partition coefficient (Wildman–Crippen LogP) is -5.38. The number of hydrogen-bond donors (Lipinski definition) is 11. The van der Waals surface area contributed by atoms with Crippen LogP contribution in [0.15, 0.2) is 0 Å². The van der Waals surface area contributed by atoms with Gasteiger partial charge < -0.3 is 56.8 Å². The van der Waals surface area contributed by atoms with Gasteiger partial charge in [0.15, 0.2) is 0 Å². The average molecular weight is 425 g/mol. The maximum atomic E-state index is 10.7. The Labute approximate surface area is 167 Å². The molecule has 29 heavy (non-hydrogen) atoms. The van der Waals surface area contributed by atoms with Crippen LogP contribution in [0.5, 0.6) is 0 Å². The minimum Gasteiger partial charge on any atom is -0.481 e. The Balaban J connectivity index is 2.89. The molecule has 0 amide bonds. The van der Waals surface area contributed by atoms with E-state index in [4.69, 9.17) is 15.3 Å². The zero-order valence-electron chi connectivity index (χ0n) is 15.8. The van der Waals surface area contributed by atoms with Gasteiger partial charge in [-0.3, -0.25) is 9.59 Å². The van der Waals surface area contributed by atoms with Crippen molar-refractivity contribution in [2.45, 2.75) is 61.5 Å². The average Bonchev–Trinajstić information content (AvgIpc) is 2.65. The summed E-state index contributed by atoms with van der Waals surface area (Å²) in [6, 6.07) is -3.27. The maximum Gasteiger partial charge on any atom is 0.304 e. The highest BCUT2D eigenvalue weighted by atomic mass is 16.4. The van der Waals surface area contributed by atoms with Gasteiger partial charge in [-0.25, -0.2) is 0 Å². The van der Waals surface area contributed by atoms with Gasteiger partial charge in [-0.15, -0.1) is 0 Å². The molecule has 13 heteroatoms. The molecule has 0 radical (unpaired) electrons. The van der Waals surface area contributed by atoms with E-state index in [1.807, 2.05) is 0 Å². The molecule has 1 aliphatic carbocycles. The highest BCUT2D eigenvalue weighted by Gasteiger charge is 2.49. The van der Waals surface area contributed by atoms with Crippen LogP contribution in [-0.4, -0.2) is 128 Å². The number of rotatable bonds is 13. The minimum absolute atomic E-state index is 0.0787. The largest absolute Gasteiger partial charge is 0.481 e. The third-order valence-electron chi connectivity index (χ3n) is 4.84. The Bertz CT molecular complexity index is 491. The summed E-state index contributed by atoms with van der Waals surface area (Å²) in [6.45, 7) is -1.16. The first-order chi connectivity index (χ1) is 13.6. The molecule has 0 spiro atoms. The van der Waals surface area contributed by atoms with Gasteiger partial charge in [-0.2, -0.15) is 0 Å². The number of carboxylic acids is 2. The van der Waals surface area contributed by atoms with Gasteiger partial charge in [0.25, 0.3) is 0 Å². The van der Waals surface area contributed by atoms with E-state index in [2.05, 4.69) is 16.0 Å². The molecule has 6 unspecified atom stereocenters. The maximum absolute atomic E-state index is 10.7. The Morgan fingerprint density at radius 2 is 1.10 bits per heavy atom. The second-order valence-corrected chi connectivity index (χ2v) is 6.97. The van der Waals surface area contributed by atoms with Crippen LogP contribution in [0.25, 0.3) is 0 Å². The zero-order valence-corrected chi connectivity index (χ0v) is 15.8. The predicted molar refractivity (Wildman–Crippen MR) is 97.0 cm³/mol. The highest BCUT2D eigenvalue weighted by Crippen LogP contribution is 2.22. The van der Waals surface area contributed by atoms with Gasteiger partial charge in [-0.1, -0.05) is 0 Å². The minimum atomic E-state index is -1.44. The third-order valence-corrected chi connectivity index (χ3v) is 4.84. The zero-order chi connectivity index (χ0) is 22.1. The van der Waals surface area contributed by atoms with Crippen LogP contribution < -0.4 is 16.0 Å². The summed E-state index contributed by atoms with van der Waals surface area (Å²) in [4.78, 5) is 21.4. The van der Waals surface area contributed by atoms with Crippen LogP contribution in [-0.2, 0) is 9.59 Å². The molecule has 1 fully saturated rings. The van der Waals surface area contributed by atoms with Crippen molar-refractivity contribution in [1.82, 2.24) is 16.0 Å². The van der Waals surface area contributed by atoms with Gasteiger partial charge in [0.05, 0.1) is 62.0 Å². The lowest BCUT2D eigenvalue weighted by atomic mass is 9.79. The molecule has 1 aliphatic rings. The van der Waals surface area contributed by atoms with Gasteiger partial charge in [0.1, 0.15) is 6.10 Å². The van der Waals surface area contributed by atoms with E-state index >= 15 is 0 Å². The number of aliphatic carboxylic acids is 2. The lowest BCUT2D eigenvalue weighted by Crippen LogP contribution is -2.74. The summed E-state index contributed by atoms with van der Waals surface area (Å²) < 4.78 is 0.